The topological polar surface area (TPSA) is 15.6 Å². The molecular formula is C9H20N2. The lowest BCUT2D eigenvalue weighted by molar-refractivity contribution is 0.290. The Bertz CT molecular complexity index is 93.7. The number of hydrogen-bond donors (Lipinski definition) is 0. The van der Waals surface area contributed by atoms with Crippen LogP contribution in [0, 0.1) is 0 Å². The van der Waals surface area contributed by atoms with Gasteiger partial charge in [0, 0.05) is 19.3 Å². The van der Waals surface area contributed by atoms with Crippen LogP contribution in [0.25, 0.3) is 0 Å². The van der Waals surface area contributed by atoms with Gasteiger partial charge in [-0.25, -0.2) is 0 Å². The number of nitrogens with zero attached hydrogens (tertiary/aromatic N) is 2. The van der Waals surface area contributed by atoms with Gasteiger partial charge in [0.25, 0.3) is 0 Å². The summed E-state index contributed by atoms with van der Waals surface area (Å²) in [5, 5.41) is 6.47. The van der Waals surface area contributed by atoms with Gasteiger partial charge in [0.2, 0.25) is 0 Å². The van der Waals surface area contributed by atoms with Crippen molar-refractivity contribution in [2.24, 2.45) is 5.10 Å². The van der Waals surface area contributed by atoms with Crippen LogP contribution in [0.2, 0.25) is 0 Å². The van der Waals surface area contributed by atoms with Crippen molar-refractivity contribution < 1.29 is 0 Å². The first-order chi connectivity index (χ1) is 5.35. The molecule has 2 nitrogen and oxygen atoms in total. The summed E-state index contributed by atoms with van der Waals surface area (Å²) in [5.74, 6) is 0. The summed E-state index contributed by atoms with van der Waals surface area (Å²) in [6.07, 6.45) is 5.37. The van der Waals surface area contributed by atoms with E-state index in [1.807, 2.05) is 6.21 Å². The molecule has 0 amide bonds. The Morgan fingerprint density at radius 2 is 1.64 bits per heavy atom. The second-order valence-electron chi connectivity index (χ2n) is 2.66. The van der Waals surface area contributed by atoms with Crippen molar-refractivity contribution in [2.75, 3.05) is 13.1 Å². The van der Waals surface area contributed by atoms with Crippen LogP contribution in [0.4, 0.5) is 0 Å². The first-order valence-electron chi connectivity index (χ1n) is 4.62. The van der Waals surface area contributed by atoms with E-state index in [4.69, 9.17) is 0 Å². The molecule has 11 heavy (non-hydrogen) atoms. The molecule has 0 aliphatic heterocycles. The predicted molar refractivity (Wildman–Crippen MR) is 50.9 cm³/mol. The normalized spacial score (nSPS) is 10.8. The molecule has 0 fully saturated rings. The van der Waals surface area contributed by atoms with Crippen LogP contribution in [0.3, 0.4) is 0 Å². The molecule has 0 aromatic carbocycles. The van der Waals surface area contributed by atoms with Crippen LogP contribution in [0.15, 0.2) is 5.10 Å². The first-order valence-corrected chi connectivity index (χ1v) is 4.62. The Labute approximate surface area is 70.3 Å². The van der Waals surface area contributed by atoms with E-state index in [1.165, 1.54) is 12.8 Å². The third-order valence-electron chi connectivity index (χ3n) is 1.39. The van der Waals surface area contributed by atoms with Crippen LogP contribution in [-0.2, 0) is 0 Å². The third kappa shape index (κ3) is 5.89. The fraction of sp³-hybridized carbons (Fsp3) is 0.889. The minimum atomic E-state index is 1.03. The van der Waals surface area contributed by atoms with E-state index in [0.29, 0.717) is 0 Å². The maximum Gasteiger partial charge on any atom is 0.0357 e. The van der Waals surface area contributed by atoms with Gasteiger partial charge in [-0.15, -0.1) is 0 Å². The first kappa shape index (κ1) is 10.5. The van der Waals surface area contributed by atoms with Crippen molar-refractivity contribution in [2.45, 2.75) is 40.0 Å². The predicted octanol–water partition coefficient (Wildman–Crippen LogP) is 2.50. The quantitative estimate of drug-likeness (QED) is 0.426. The van der Waals surface area contributed by atoms with E-state index in [1.54, 1.807) is 0 Å². The van der Waals surface area contributed by atoms with Gasteiger partial charge < -0.3 is 0 Å². The summed E-state index contributed by atoms with van der Waals surface area (Å²) in [4.78, 5) is 0. The van der Waals surface area contributed by atoms with E-state index < -0.39 is 0 Å². The smallest absolute Gasteiger partial charge is 0.0357 e. The summed E-state index contributed by atoms with van der Waals surface area (Å²) < 4.78 is 0. The maximum atomic E-state index is 4.33. The SMILES string of the molecule is CC/C=N/N(CCC)CCC. The maximum absolute atomic E-state index is 4.33. The van der Waals surface area contributed by atoms with Crippen LogP contribution in [0.1, 0.15) is 40.0 Å². The van der Waals surface area contributed by atoms with Crippen molar-refractivity contribution in [1.29, 1.82) is 0 Å². The van der Waals surface area contributed by atoms with Crippen LogP contribution in [0.5, 0.6) is 0 Å². The molecular weight excluding hydrogens is 136 g/mol. The molecule has 0 saturated heterocycles. The van der Waals surface area contributed by atoms with Crippen molar-refractivity contribution in [3.63, 3.8) is 0 Å². The van der Waals surface area contributed by atoms with Crippen molar-refractivity contribution in [3.05, 3.63) is 0 Å². The Morgan fingerprint density at radius 3 is 2.00 bits per heavy atom. The van der Waals surface area contributed by atoms with Crippen molar-refractivity contribution >= 4 is 6.21 Å². The molecule has 0 aromatic heterocycles. The molecule has 0 N–H and O–H groups in total. The number of hydrazone groups is 1. The van der Waals surface area contributed by atoms with Crippen molar-refractivity contribution in [1.82, 2.24) is 5.01 Å². The summed E-state index contributed by atoms with van der Waals surface area (Å²) in [5.41, 5.74) is 0. The minimum Gasteiger partial charge on any atom is -0.297 e. The average Bonchev–Trinajstić information content (AvgIpc) is 2.01. The zero-order chi connectivity index (χ0) is 8.53. The zero-order valence-electron chi connectivity index (χ0n) is 8.01. The van der Waals surface area contributed by atoms with Gasteiger partial charge in [-0.3, -0.25) is 5.01 Å². The summed E-state index contributed by atoms with van der Waals surface area (Å²) in [6, 6.07) is 0. The molecule has 0 spiro atoms. The fourth-order valence-electron chi connectivity index (χ4n) is 0.941. The lowest BCUT2D eigenvalue weighted by Crippen LogP contribution is -2.19. The highest BCUT2D eigenvalue weighted by atomic mass is 15.4. The standard InChI is InChI=1S/C9H20N2/c1-4-7-10-11(8-5-2)9-6-3/h7H,4-6,8-9H2,1-3H3/b10-7+. The summed E-state index contributed by atoms with van der Waals surface area (Å²) >= 11 is 0. The molecule has 0 heterocycles. The highest BCUT2D eigenvalue weighted by molar-refractivity contribution is 5.55. The van der Waals surface area contributed by atoms with Gasteiger partial charge in [0.15, 0.2) is 0 Å². The highest BCUT2D eigenvalue weighted by Crippen LogP contribution is 1.93. The van der Waals surface area contributed by atoms with E-state index >= 15 is 0 Å². The molecule has 0 rings (SSSR count). The van der Waals surface area contributed by atoms with E-state index in [9.17, 15) is 0 Å². The summed E-state index contributed by atoms with van der Waals surface area (Å²) in [6.45, 7) is 8.66. The lowest BCUT2D eigenvalue weighted by atomic mass is 10.4. The molecule has 0 aromatic rings. The van der Waals surface area contributed by atoms with Crippen LogP contribution < -0.4 is 0 Å². The molecule has 0 radical (unpaired) electrons. The number of rotatable bonds is 6. The number of hydrogen-bond acceptors (Lipinski definition) is 2. The fourth-order valence-corrected chi connectivity index (χ4v) is 0.941. The van der Waals surface area contributed by atoms with Gasteiger partial charge in [-0.2, -0.15) is 5.10 Å². The summed E-state index contributed by atoms with van der Waals surface area (Å²) in [7, 11) is 0. The van der Waals surface area contributed by atoms with Gasteiger partial charge in [0.05, 0.1) is 0 Å². The minimum absolute atomic E-state index is 1.03. The average molecular weight is 156 g/mol. The molecule has 0 saturated carbocycles. The van der Waals surface area contributed by atoms with Gasteiger partial charge in [-0.05, 0) is 19.3 Å². The lowest BCUT2D eigenvalue weighted by Gasteiger charge is -2.16. The van der Waals surface area contributed by atoms with E-state index in [0.717, 1.165) is 19.5 Å². The van der Waals surface area contributed by atoms with Crippen LogP contribution in [-0.4, -0.2) is 24.3 Å². The Kier molecular flexibility index (Phi) is 7.21. The van der Waals surface area contributed by atoms with Crippen molar-refractivity contribution in [3.8, 4) is 0 Å². The van der Waals surface area contributed by atoms with E-state index in [-0.39, 0.29) is 0 Å². The van der Waals surface area contributed by atoms with E-state index in [2.05, 4.69) is 30.9 Å². The Balaban J connectivity index is 3.58. The molecule has 0 bridgehead atoms. The third-order valence-corrected chi connectivity index (χ3v) is 1.39. The Hall–Kier alpha value is -0.530. The van der Waals surface area contributed by atoms with Gasteiger partial charge in [-0.1, -0.05) is 20.8 Å². The molecule has 0 aliphatic rings. The molecule has 66 valence electrons. The second-order valence-corrected chi connectivity index (χ2v) is 2.66. The highest BCUT2D eigenvalue weighted by Gasteiger charge is 1.94. The zero-order valence-corrected chi connectivity index (χ0v) is 8.01. The molecule has 0 atom stereocenters. The largest absolute Gasteiger partial charge is 0.297 e. The second kappa shape index (κ2) is 7.58. The van der Waals surface area contributed by atoms with Crippen LogP contribution >= 0.6 is 0 Å². The Morgan fingerprint density at radius 1 is 1.09 bits per heavy atom. The van der Waals surface area contributed by atoms with Gasteiger partial charge in [0.1, 0.15) is 0 Å². The molecule has 0 aliphatic carbocycles. The van der Waals surface area contributed by atoms with Gasteiger partial charge >= 0.3 is 0 Å². The molecule has 2 heteroatoms. The molecule has 0 unspecified atom stereocenters. The monoisotopic (exact) mass is 156 g/mol.